The van der Waals surface area contributed by atoms with Gasteiger partial charge in [0.05, 0.1) is 0 Å². The Balaban J connectivity index is 1.64. The molecule has 0 aromatic carbocycles. The molecule has 1 heteroatoms. The summed E-state index contributed by atoms with van der Waals surface area (Å²) in [6.45, 7) is 3.52. The van der Waals surface area contributed by atoms with Crippen molar-refractivity contribution in [1.29, 1.82) is 0 Å². The zero-order chi connectivity index (χ0) is 11.7. The highest BCUT2D eigenvalue weighted by Gasteiger charge is 2.59. The van der Waals surface area contributed by atoms with Crippen molar-refractivity contribution in [1.82, 2.24) is 0 Å². The van der Waals surface area contributed by atoms with E-state index in [9.17, 15) is 0 Å². The maximum absolute atomic E-state index is 6.09. The van der Waals surface area contributed by atoms with Gasteiger partial charge in [-0.05, 0) is 92.4 Å². The smallest absolute Gasteiger partial charge is 0.00178 e. The molecule has 0 amide bonds. The van der Waals surface area contributed by atoms with Crippen LogP contribution in [0.5, 0.6) is 0 Å². The second kappa shape index (κ2) is 3.29. The summed E-state index contributed by atoms with van der Waals surface area (Å²) in [4.78, 5) is 0. The lowest BCUT2D eigenvalue weighted by Gasteiger charge is -2.60. The van der Waals surface area contributed by atoms with Crippen LogP contribution in [0, 0.1) is 34.5 Å². The molecule has 96 valence electrons. The average Bonchev–Trinajstić information content (AvgIpc) is 3.07. The minimum atomic E-state index is 0.575. The van der Waals surface area contributed by atoms with Crippen molar-refractivity contribution in [3.63, 3.8) is 0 Å². The molecule has 1 nitrogen and oxygen atoms in total. The van der Waals surface area contributed by atoms with Crippen LogP contribution >= 0.6 is 0 Å². The average molecular weight is 233 g/mol. The van der Waals surface area contributed by atoms with Gasteiger partial charge < -0.3 is 5.73 Å². The maximum Gasteiger partial charge on any atom is -0.00178 e. The molecule has 17 heavy (non-hydrogen) atoms. The van der Waals surface area contributed by atoms with E-state index in [1.54, 1.807) is 38.5 Å². The molecular formula is C16H27N. The van der Waals surface area contributed by atoms with Crippen molar-refractivity contribution < 1.29 is 0 Å². The van der Waals surface area contributed by atoms with Crippen molar-refractivity contribution in [3.8, 4) is 0 Å². The van der Waals surface area contributed by atoms with Crippen LogP contribution in [0.1, 0.15) is 58.3 Å². The zero-order valence-electron chi connectivity index (χ0n) is 11.3. The van der Waals surface area contributed by atoms with Crippen molar-refractivity contribution in [2.45, 2.75) is 58.3 Å². The van der Waals surface area contributed by atoms with E-state index in [4.69, 9.17) is 5.73 Å². The third-order valence-corrected chi connectivity index (χ3v) is 7.22. The van der Waals surface area contributed by atoms with Gasteiger partial charge in [0.2, 0.25) is 0 Å². The van der Waals surface area contributed by atoms with Gasteiger partial charge in [-0.25, -0.2) is 0 Å². The Morgan fingerprint density at radius 1 is 1.00 bits per heavy atom. The number of rotatable bonds is 3. The van der Waals surface area contributed by atoms with Crippen LogP contribution < -0.4 is 5.73 Å². The largest absolute Gasteiger partial charge is 0.330 e. The molecule has 1 unspecified atom stereocenters. The highest BCUT2D eigenvalue weighted by molar-refractivity contribution is 5.10. The molecule has 5 saturated carbocycles. The molecule has 0 heterocycles. The third-order valence-electron chi connectivity index (χ3n) is 7.22. The second-order valence-corrected chi connectivity index (χ2v) is 8.07. The van der Waals surface area contributed by atoms with Gasteiger partial charge in [0.15, 0.2) is 0 Å². The minimum absolute atomic E-state index is 0.575. The Bertz CT molecular complexity index is 293. The molecule has 5 rings (SSSR count). The Morgan fingerprint density at radius 3 is 1.82 bits per heavy atom. The predicted octanol–water partition coefficient (Wildman–Crippen LogP) is 3.58. The summed E-state index contributed by atoms with van der Waals surface area (Å²) in [5.74, 6) is 4.19. The summed E-state index contributed by atoms with van der Waals surface area (Å²) in [7, 11) is 0. The molecule has 1 atom stereocenters. The molecule has 2 N–H and O–H groups in total. The van der Waals surface area contributed by atoms with Gasteiger partial charge in [-0.2, -0.15) is 0 Å². The quantitative estimate of drug-likeness (QED) is 0.792. The van der Waals surface area contributed by atoms with Crippen molar-refractivity contribution >= 4 is 0 Å². The molecule has 5 aliphatic carbocycles. The molecule has 0 aromatic rings. The third kappa shape index (κ3) is 1.41. The van der Waals surface area contributed by atoms with E-state index in [1.807, 2.05) is 0 Å². The predicted molar refractivity (Wildman–Crippen MR) is 70.5 cm³/mol. The maximum atomic E-state index is 6.09. The molecular weight excluding hydrogens is 206 g/mol. The molecule has 0 spiro atoms. The normalized spacial score (nSPS) is 51.5. The first-order valence-corrected chi connectivity index (χ1v) is 7.86. The van der Waals surface area contributed by atoms with Gasteiger partial charge in [0.1, 0.15) is 0 Å². The van der Waals surface area contributed by atoms with Crippen LogP contribution in [-0.4, -0.2) is 6.54 Å². The van der Waals surface area contributed by atoms with E-state index in [0.29, 0.717) is 5.41 Å². The molecule has 5 aliphatic rings. The lowest BCUT2D eigenvalue weighted by atomic mass is 9.45. The zero-order valence-corrected chi connectivity index (χ0v) is 11.3. The lowest BCUT2D eigenvalue weighted by Crippen LogP contribution is -2.51. The Hall–Kier alpha value is -0.0400. The second-order valence-electron chi connectivity index (χ2n) is 8.07. The number of hydrogen-bond donors (Lipinski definition) is 1. The van der Waals surface area contributed by atoms with Crippen LogP contribution in [0.2, 0.25) is 0 Å². The number of nitrogens with two attached hydrogens (primary N) is 1. The van der Waals surface area contributed by atoms with Gasteiger partial charge >= 0.3 is 0 Å². The Kier molecular flexibility index (Phi) is 2.10. The van der Waals surface area contributed by atoms with Gasteiger partial charge in [-0.3, -0.25) is 0 Å². The van der Waals surface area contributed by atoms with Crippen molar-refractivity contribution in [3.05, 3.63) is 0 Å². The highest BCUT2D eigenvalue weighted by Crippen LogP contribution is 2.68. The van der Waals surface area contributed by atoms with Crippen LogP contribution in [0.4, 0.5) is 0 Å². The van der Waals surface area contributed by atoms with E-state index >= 15 is 0 Å². The monoisotopic (exact) mass is 233 g/mol. The summed E-state index contributed by atoms with van der Waals surface area (Å²) in [6, 6.07) is 0. The highest BCUT2D eigenvalue weighted by atomic mass is 14.7. The van der Waals surface area contributed by atoms with E-state index < -0.39 is 0 Å². The number of hydrogen-bond acceptors (Lipinski definition) is 1. The molecule has 0 saturated heterocycles. The molecule has 5 fully saturated rings. The first-order valence-electron chi connectivity index (χ1n) is 7.86. The van der Waals surface area contributed by atoms with Crippen LogP contribution in [0.15, 0.2) is 0 Å². The molecule has 4 bridgehead atoms. The summed E-state index contributed by atoms with van der Waals surface area (Å²) in [5.41, 5.74) is 7.39. The minimum Gasteiger partial charge on any atom is -0.330 e. The van der Waals surface area contributed by atoms with Crippen LogP contribution in [0.3, 0.4) is 0 Å². The van der Waals surface area contributed by atoms with Gasteiger partial charge in [-0.15, -0.1) is 0 Å². The van der Waals surface area contributed by atoms with E-state index in [2.05, 4.69) is 6.92 Å². The Morgan fingerprint density at radius 2 is 1.47 bits per heavy atom. The van der Waals surface area contributed by atoms with Gasteiger partial charge in [0, 0.05) is 0 Å². The fourth-order valence-corrected chi connectivity index (χ4v) is 6.33. The molecule has 0 aromatic heterocycles. The fourth-order valence-electron chi connectivity index (χ4n) is 6.33. The molecule has 0 radical (unpaired) electrons. The topological polar surface area (TPSA) is 26.0 Å². The fraction of sp³-hybridized carbons (Fsp3) is 1.00. The van der Waals surface area contributed by atoms with Gasteiger partial charge in [-0.1, -0.05) is 6.92 Å². The van der Waals surface area contributed by atoms with Crippen molar-refractivity contribution in [2.75, 3.05) is 6.54 Å². The standard InChI is InChI=1S/C16H27N/c1-11(15(10-17)2-3-15)16-7-12-4-13(8-16)6-14(5-12)9-16/h11-14H,2-10,17H2,1H3. The first-order chi connectivity index (χ1) is 8.16. The molecule has 0 aliphatic heterocycles. The van der Waals surface area contributed by atoms with E-state index in [-0.39, 0.29) is 0 Å². The van der Waals surface area contributed by atoms with Crippen LogP contribution in [0.25, 0.3) is 0 Å². The van der Waals surface area contributed by atoms with E-state index in [1.165, 1.54) is 12.8 Å². The van der Waals surface area contributed by atoms with Crippen molar-refractivity contribution in [2.24, 2.45) is 40.2 Å². The first kappa shape index (κ1) is 10.8. The summed E-state index contributed by atoms with van der Waals surface area (Å²) < 4.78 is 0. The van der Waals surface area contributed by atoms with Crippen LogP contribution in [-0.2, 0) is 0 Å². The van der Waals surface area contributed by atoms with Gasteiger partial charge in [0.25, 0.3) is 0 Å². The Labute approximate surface area is 106 Å². The summed E-state index contributed by atoms with van der Waals surface area (Å²) in [6.07, 6.45) is 12.2. The SMILES string of the molecule is CC(C1(CN)CC1)C12CC3CC(CC(C3)C1)C2. The lowest BCUT2D eigenvalue weighted by molar-refractivity contribution is -0.0993. The summed E-state index contributed by atoms with van der Waals surface area (Å²) >= 11 is 0. The van der Waals surface area contributed by atoms with E-state index in [0.717, 1.165) is 35.6 Å². The summed E-state index contributed by atoms with van der Waals surface area (Å²) in [5, 5.41) is 0.